The van der Waals surface area contributed by atoms with E-state index < -0.39 is 5.60 Å². The Morgan fingerprint density at radius 3 is 2.71 bits per heavy atom. The van der Waals surface area contributed by atoms with Gasteiger partial charge in [0.15, 0.2) is 0 Å². The van der Waals surface area contributed by atoms with Crippen LogP contribution in [0.5, 0.6) is 0 Å². The molecule has 2 atom stereocenters. The van der Waals surface area contributed by atoms with Crippen LogP contribution < -0.4 is 0 Å². The van der Waals surface area contributed by atoms with Gasteiger partial charge in [0.05, 0.1) is 17.3 Å². The van der Waals surface area contributed by atoms with E-state index in [9.17, 15) is 5.11 Å². The standard InChI is InChI=1S/C18H32N2O/c1-4-15-8-7-11-18(21,12-9-15)14-16-10-13-20(19-16)17(5-2)6-3/h10,13,15,17,21H,4-9,11-12,14H2,1-3H3. The minimum absolute atomic E-state index is 0.493. The lowest BCUT2D eigenvalue weighted by Gasteiger charge is -2.26. The first kappa shape index (κ1) is 16.5. The van der Waals surface area contributed by atoms with Gasteiger partial charge in [-0.1, -0.05) is 40.0 Å². The third-order valence-corrected chi connectivity index (χ3v) is 5.34. The molecule has 1 aromatic heterocycles. The third kappa shape index (κ3) is 4.32. The van der Waals surface area contributed by atoms with Crippen LogP contribution in [0.2, 0.25) is 0 Å². The van der Waals surface area contributed by atoms with Gasteiger partial charge in [0, 0.05) is 12.6 Å². The number of hydrogen-bond acceptors (Lipinski definition) is 2. The molecule has 1 N–H and O–H groups in total. The predicted molar refractivity (Wildman–Crippen MR) is 87.4 cm³/mol. The van der Waals surface area contributed by atoms with Gasteiger partial charge in [-0.15, -0.1) is 0 Å². The van der Waals surface area contributed by atoms with Gasteiger partial charge in [0.2, 0.25) is 0 Å². The molecule has 2 rings (SSSR count). The zero-order valence-corrected chi connectivity index (χ0v) is 14.0. The van der Waals surface area contributed by atoms with Crippen molar-refractivity contribution in [3.63, 3.8) is 0 Å². The summed E-state index contributed by atoms with van der Waals surface area (Å²) in [5, 5.41) is 15.6. The molecule has 1 aromatic rings. The number of hydrogen-bond donors (Lipinski definition) is 1. The Kier molecular flexibility index (Phi) is 5.86. The first-order valence-electron chi connectivity index (χ1n) is 8.86. The van der Waals surface area contributed by atoms with Crippen molar-refractivity contribution in [1.82, 2.24) is 9.78 Å². The predicted octanol–water partition coefficient (Wildman–Crippen LogP) is 4.51. The van der Waals surface area contributed by atoms with E-state index >= 15 is 0 Å². The van der Waals surface area contributed by atoms with Crippen LogP contribution in [-0.4, -0.2) is 20.5 Å². The van der Waals surface area contributed by atoms with Crippen molar-refractivity contribution in [2.75, 3.05) is 0 Å². The SMILES string of the molecule is CCC1CCCC(O)(Cc2ccn(C(CC)CC)n2)CC1. The van der Waals surface area contributed by atoms with Crippen LogP contribution in [0.15, 0.2) is 12.3 Å². The molecule has 0 radical (unpaired) electrons. The molecular weight excluding hydrogens is 260 g/mol. The number of rotatable bonds is 6. The molecule has 3 nitrogen and oxygen atoms in total. The first-order valence-corrected chi connectivity index (χ1v) is 8.86. The Morgan fingerprint density at radius 2 is 2.05 bits per heavy atom. The van der Waals surface area contributed by atoms with Crippen molar-refractivity contribution in [3.8, 4) is 0 Å². The zero-order valence-electron chi connectivity index (χ0n) is 14.0. The normalized spacial score (nSPS) is 27.0. The van der Waals surface area contributed by atoms with E-state index in [2.05, 4.69) is 37.7 Å². The molecule has 0 saturated heterocycles. The van der Waals surface area contributed by atoms with E-state index in [-0.39, 0.29) is 0 Å². The summed E-state index contributed by atoms with van der Waals surface area (Å²) in [6.07, 6.45) is 11.7. The summed E-state index contributed by atoms with van der Waals surface area (Å²) in [6.45, 7) is 6.69. The van der Waals surface area contributed by atoms with Gasteiger partial charge < -0.3 is 5.11 Å². The molecule has 0 aliphatic heterocycles. The summed E-state index contributed by atoms with van der Waals surface area (Å²) in [4.78, 5) is 0. The fraction of sp³-hybridized carbons (Fsp3) is 0.833. The molecule has 1 aliphatic rings. The maximum atomic E-state index is 10.9. The quantitative estimate of drug-likeness (QED) is 0.783. The molecule has 1 saturated carbocycles. The van der Waals surface area contributed by atoms with E-state index in [0.717, 1.165) is 50.1 Å². The average Bonchev–Trinajstić information content (AvgIpc) is 2.83. The van der Waals surface area contributed by atoms with E-state index in [0.29, 0.717) is 6.04 Å². The van der Waals surface area contributed by atoms with Crippen LogP contribution in [0.4, 0.5) is 0 Å². The van der Waals surface area contributed by atoms with Crippen molar-refractivity contribution in [1.29, 1.82) is 0 Å². The number of nitrogens with zero attached hydrogens (tertiary/aromatic N) is 2. The molecule has 3 heteroatoms. The summed E-state index contributed by atoms with van der Waals surface area (Å²) in [6, 6.07) is 2.59. The number of aliphatic hydroxyl groups is 1. The van der Waals surface area contributed by atoms with E-state index in [1.807, 2.05) is 0 Å². The molecular formula is C18H32N2O. The highest BCUT2D eigenvalue weighted by Gasteiger charge is 2.31. The van der Waals surface area contributed by atoms with Crippen LogP contribution in [0.25, 0.3) is 0 Å². The van der Waals surface area contributed by atoms with Gasteiger partial charge in [-0.2, -0.15) is 5.10 Å². The molecule has 0 amide bonds. The van der Waals surface area contributed by atoms with Crippen molar-refractivity contribution in [3.05, 3.63) is 18.0 Å². The molecule has 1 fully saturated rings. The highest BCUT2D eigenvalue weighted by Crippen LogP contribution is 2.34. The van der Waals surface area contributed by atoms with Crippen LogP contribution in [-0.2, 0) is 6.42 Å². The highest BCUT2D eigenvalue weighted by atomic mass is 16.3. The smallest absolute Gasteiger partial charge is 0.0703 e. The fourth-order valence-electron chi connectivity index (χ4n) is 3.72. The summed E-state index contributed by atoms with van der Waals surface area (Å²) >= 11 is 0. The maximum Gasteiger partial charge on any atom is 0.0703 e. The summed E-state index contributed by atoms with van der Waals surface area (Å²) in [7, 11) is 0. The largest absolute Gasteiger partial charge is 0.389 e. The van der Waals surface area contributed by atoms with Gasteiger partial charge in [-0.3, -0.25) is 4.68 Å². The second-order valence-electron chi connectivity index (χ2n) is 6.86. The number of aromatic nitrogens is 2. The lowest BCUT2D eigenvalue weighted by Crippen LogP contribution is -2.31. The van der Waals surface area contributed by atoms with Gasteiger partial charge in [0.1, 0.15) is 0 Å². The van der Waals surface area contributed by atoms with E-state index in [4.69, 9.17) is 5.10 Å². The molecule has 0 aromatic carbocycles. The average molecular weight is 292 g/mol. The first-order chi connectivity index (χ1) is 10.1. The van der Waals surface area contributed by atoms with E-state index in [1.165, 1.54) is 19.3 Å². The molecule has 1 heterocycles. The lowest BCUT2D eigenvalue weighted by molar-refractivity contribution is 0.0231. The van der Waals surface area contributed by atoms with Crippen LogP contribution >= 0.6 is 0 Å². The Labute approximate surface area is 129 Å². The van der Waals surface area contributed by atoms with Crippen molar-refractivity contribution < 1.29 is 5.11 Å². The minimum atomic E-state index is -0.531. The Morgan fingerprint density at radius 1 is 1.29 bits per heavy atom. The molecule has 2 unspecified atom stereocenters. The monoisotopic (exact) mass is 292 g/mol. The lowest BCUT2D eigenvalue weighted by atomic mass is 9.89. The molecule has 0 bridgehead atoms. The summed E-state index contributed by atoms with van der Waals surface area (Å²) in [5.74, 6) is 0.807. The van der Waals surface area contributed by atoms with Gasteiger partial charge in [0.25, 0.3) is 0 Å². The molecule has 21 heavy (non-hydrogen) atoms. The topological polar surface area (TPSA) is 38.0 Å². The Balaban J connectivity index is 2.00. The van der Waals surface area contributed by atoms with Crippen LogP contribution in [0.1, 0.15) is 83.9 Å². The van der Waals surface area contributed by atoms with Crippen molar-refractivity contribution in [2.45, 2.75) is 90.2 Å². The Bertz CT molecular complexity index is 425. The molecule has 120 valence electrons. The molecule has 1 aliphatic carbocycles. The summed E-state index contributed by atoms with van der Waals surface area (Å²) in [5.41, 5.74) is 0.524. The van der Waals surface area contributed by atoms with Crippen LogP contribution in [0.3, 0.4) is 0 Å². The third-order valence-electron chi connectivity index (χ3n) is 5.34. The van der Waals surface area contributed by atoms with Crippen molar-refractivity contribution in [2.24, 2.45) is 5.92 Å². The summed E-state index contributed by atoms with van der Waals surface area (Å²) < 4.78 is 2.09. The molecule has 0 spiro atoms. The minimum Gasteiger partial charge on any atom is -0.389 e. The zero-order chi connectivity index (χ0) is 15.3. The highest BCUT2D eigenvalue weighted by molar-refractivity contribution is 5.05. The Hall–Kier alpha value is -0.830. The van der Waals surface area contributed by atoms with Gasteiger partial charge >= 0.3 is 0 Å². The van der Waals surface area contributed by atoms with E-state index in [1.54, 1.807) is 0 Å². The maximum absolute atomic E-state index is 10.9. The van der Waals surface area contributed by atoms with Gasteiger partial charge in [-0.25, -0.2) is 0 Å². The second kappa shape index (κ2) is 7.44. The fourth-order valence-corrected chi connectivity index (χ4v) is 3.72. The van der Waals surface area contributed by atoms with Gasteiger partial charge in [-0.05, 0) is 44.1 Å². The second-order valence-corrected chi connectivity index (χ2v) is 6.86. The van der Waals surface area contributed by atoms with Crippen molar-refractivity contribution >= 4 is 0 Å². The van der Waals surface area contributed by atoms with Crippen LogP contribution in [0, 0.1) is 5.92 Å².